The van der Waals surface area contributed by atoms with E-state index in [1.165, 1.54) is 0 Å². The number of benzene rings is 1. The Bertz CT molecular complexity index is 391. The normalized spacial score (nSPS) is 15.9. The molecule has 1 aliphatic rings. The van der Waals surface area contributed by atoms with Crippen molar-refractivity contribution in [1.29, 1.82) is 0 Å². The van der Waals surface area contributed by atoms with Crippen molar-refractivity contribution in [3.63, 3.8) is 0 Å². The molecule has 0 saturated heterocycles. The zero-order chi connectivity index (χ0) is 11.0. The van der Waals surface area contributed by atoms with E-state index in [0.29, 0.717) is 23.8 Å². The van der Waals surface area contributed by atoms with Crippen LogP contribution >= 0.6 is 11.6 Å². The maximum atomic E-state index is 9.94. The molecule has 4 heteroatoms. The van der Waals surface area contributed by atoms with Crippen molar-refractivity contribution in [2.75, 3.05) is 6.61 Å². The highest BCUT2D eigenvalue weighted by Crippen LogP contribution is 2.42. The zero-order valence-electron chi connectivity index (χ0n) is 8.59. The summed E-state index contributed by atoms with van der Waals surface area (Å²) in [6.07, 6.45) is 1.36. The third kappa shape index (κ3) is 1.90. The third-order valence-electron chi connectivity index (χ3n) is 2.52. The molecule has 1 unspecified atom stereocenters. The first kappa shape index (κ1) is 10.6. The van der Waals surface area contributed by atoms with Crippen LogP contribution in [0.15, 0.2) is 6.07 Å². The number of hydrogen-bond donors (Lipinski definition) is 2. The first-order valence-electron chi connectivity index (χ1n) is 5.01. The predicted octanol–water partition coefficient (Wildman–Crippen LogP) is 1.87. The van der Waals surface area contributed by atoms with Gasteiger partial charge in [0.15, 0.2) is 11.5 Å². The van der Waals surface area contributed by atoms with E-state index in [1.54, 1.807) is 6.07 Å². The molecular formula is C11H14ClNO2. The predicted molar refractivity (Wildman–Crippen MR) is 59.7 cm³/mol. The van der Waals surface area contributed by atoms with Gasteiger partial charge in [-0.3, -0.25) is 0 Å². The second-order valence-corrected chi connectivity index (χ2v) is 4.36. The van der Waals surface area contributed by atoms with Gasteiger partial charge in [-0.25, -0.2) is 0 Å². The van der Waals surface area contributed by atoms with Gasteiger partial charge in [0.1, 0.15) is 0 Å². The van der Waals surface area contributed by atoms with Crippen molar-refractivity contribution in [3.8, 4) is 11.5 Å². The Morgan fingerprint density at radius 1 is 1.67 bits per heavy atom. The number of phenols is 1. The maximum Gasteiger partial charge on any atom is 0.166 e. The quantitative estimate of drug-likeness (QED) is 0.811. The molecule has 0 aliphatic carbocycles. The van der Waals surface area contributed by atoms with E-state index in [-0.39, 0.29) is 11.8 Å². The monoisotopic (exact) mass is 227 g/mol. The van der Waals surface area contributed by atoms with Gasteiger partial charge in [0.2, 0.25) is 0 Å². The fourth-order valence-electron chi connectivity index (χ4n) is 1.85. The van der Waals surface area contributed by atoms with E-state index in [0.717, 1.165) is 17.5 Å². The molecule has 1 aliphatic heterocycles. The van der Waals surface area contributed by atoms with Gasteiger partial charge >= 0.3 is 0 Å². The number of rotatable bonds is 2. The SMILES string of the molecule is CC(N)Cc1cc(Cl)c2c(c1O)OCC2. The van der Waals surface area contributed by atoms with Gasteiger partial charge in [0.05, 0.1) is 6.61 Å². The number of phenolic OH excluding ortho intramolecular Hbond substituents is 1. The summed E-state index contributed by atoms with van der Waals surface area (Å²) >= 11 is 6.10. The van der Waals surface area contributed by atoms with Crippen molar-refractivity contribution >= 4 is 11.6 Å². The van der Waals surface area contributed by atoms with Crippen LogP contribution in [0.4, 0.5) is 0 Å². The molecule has 1 aromatic rings. The molecule has 82 valence electrons. The van der Waals surface area contributed by atoms with Gasteiger partial charge in [-0.1, -0.05) is 11.6 Å². The van der Waals surface area contributed by atoms with E-state index in [1.807, 2.05) is 6.92 Å². The molecule has 1 aromatic carbocycles. The van der Waals surface area contributed by atoms with E-state index >= 15 is 0 Å². The number of nitrogens with two attached hydrogens (primary N) is 1. The molecule has 0 spiro atoms. The molecule has 15 heavy (non-hydrogen) atoms. The minimum absolute atomic E-state index is 0.00794. The van der Waals surface area contributed by atoms with Crippen molar-refractivity contribution in [2.45, 2.75) is 25.8 Å². The van der Waals surface area contributed by atoms with Crippen LogP contribution in [0.2, 0.25) is 5.02 Å². The van der Waals surface area contributed by atoms with Crippen LogP contribution in [0.3, 0.4) is 0 Å². The molecular weight excluding hydrogens is 214 g/mol. The maximum absolute atomic E-state index is 9.94. The molecule has 0 aromatic heterocycles. The first-order chi connectivity index (χ1) is 7.09. The summed E-state index contributed by atoms with van der Waals surface area (Å²) in [5.74, 6) is 0.738. The number of ether oxygens (including phenoxy) is 1. The molecule has 0 saturated carbocycles. The smallest absolute Gasteiger partial charge is 0.166 e. The third-order valence-corrected chi connectivity index (χ3v) is 2.86. The largest absolute Gasteiger partial charge is 0.504 e. The lowest BCUT2D eigenvalue weighted by Crippen LogP contribution is -2.17. The Morgan fingerprint density at radius 3 is 3.07 bits per heavy atom. The first-order valence-corrected chi connectivity index (χ1v) is 5.39. The van der Waals surface area contributed by atoms with E-state index in [2.05, 4.69) is 0 Å². The summed E-state index contributed by atoms with van der Waals surface area (Å²) in [7, 11) is 0. The number of halogens is 1. The van der Waals surface area contributed by atoms with Gasteiger partial charge in [-0.15, -0.1) is 0 Å². The summed E-state index contributed by atoms with van der Waals surface area (Å²) in [4.78, 5) is 0. The molecule has 3 nitrogen and oxygen atoms in total. The molecule has 0 radical (unpaired) electrons. The fraction of sp³-hybridized carbons (Fsp3) is 0.455. The zero-order valence-corrected chi connectivity index (χ0v) is 9.34. The molecule has 3 N–H and O–H groups in total. The van der Waals surface area contributed by atoms with Crippen molar-refractivity contribution in [3.05, 3.63) is 22.2 Å². The van der Waals surface area contributed by atoms with Gasteiger partial charge in [-0.05, 0) is 19.4 Å². The fourth-order valence-corrected chi connectivity index (χ4v) is 2.16. The van der Waals surface area contributed by atoms with Crippen LogP contribution in [0, 0.1) is 0 Å². The number of aromatic hydroxyl groups is 1. The molecule has 1 atom stereocenters. The molecule has 1 heterocycles. The van der Waals surface area contributed by atoms with Crippen molar-refractivity contribution < 1.29 is 9.84 Å². The second-order valence-electron chi connectivity index (χ2n) is 3.95. The molecule has 0 fully saturated rings. The summed E-state index contributed by atoms with van der Waals surface area (Å²) in [5, 5.41) is 10.6. The highest BCUT2D eigenvalue weighted by atomic mass is 35.5. The second kappa shape index (κ2) is 3.91. The average molecular weight is 228 g/mol. The Hall–Kier alpha value is -0.930. The molecule has 2 rings (SSSR count). The van der Waals surface area contributed by atoms with Crippen LogP contribution in [0.1, 0.15) is 18.1 Å². The Labute approximate surface area is 93.8 Å². The van der Waals surface area contributed by atoms with Gasteiger partial charge in [0.25, 0.3) is 0 Å². The highest BCUT2D eigenvalue weighted by molar-refractivity contribution is 6.31. The Balaban J connectivity index is 2.45. The van der Waals surface area contributed by atoms with E-state index in [9.17, 15) is 5.11 Å². The van der Waals surface area contributed by atoms with Crippen LogP contribution in [0.5, 0.6) is 11.5 Å². The van der Waals surface area contributed by atoms with Crippen LogP contribution in [0.25, 0.3) is 0 Å². The topological polar surface area (TPSA) is 55.5 Å². The summed E-state index contributed by atoms with van der Waals surface area (Å²) in [6.45, 7) is 2.48. The number of hydrogen-bond acceptors (Lipinski definition) is 3. The lowest BCUT2D eigenvalue weighted by Gasteiger charge is -2.11. The summed E-state index contributed by atoms with van der Waals surface area (Å²) in [5.41, 5.74) is 7.36. The van der Waals surface area contributed by atoms with Crippen LogP contribution in [-0.4, -0.2) is 17.8 Å². The minimum atomic E-state index is -0.00794. The minimum Gasteiger partial charge on any atom is -0.504 e. The average Bonchev–Trinajstić information content (AvgIpc) is 2.61. The highest BCUT2D eigenvalue weighted by Gasteiger charge is 2.22. The van der Waals surface area contributed by atoms with E-state index < -0.39 is 0 Å². The number of fused-ring (bicyclic) bond motifs is 1. The van der Waals surface area contributed by atoms with Gasteiger partial charge < -0.3 is 15.6 Å². The molecule has 0 amide bonds. The summed E-state index contributed by atoms with van der Waals surface area (Å²) < 4.78 is 5.36. The molecule has 0 bridgehead atoms. The lowest BCUT2D eigenvalue weighted by molar-refractivity contribution is 0.333. The van der Waals surface area contributed by atoms with Crippen molar-refractivity contribution in [2.24, 2.45) is 5.73 Å². The van der Waals surface area contributed by atoms with Gasteiger partial charge in [0, 0.05) is 28.6 Å². The van der Waals surface area contributed by atoms with Gasteiger partial charge in [-0.2, -0.15) is 0 Å². The lowest BCUT2D eigenvalue weighted by atomic mass is 10.0. The standard InChI is InChI=1S/C11H14ClNO2/c1-6(13)4-7-5-9(12)8-2-3-15-11(8)10(7)14/h5-6,14H,2-4,13H2,1H3. The Kier molecular flexibility index (Phi) is 2.76. The Morgan fingerprint density at radius 2 is 2.40 bits per heavy atom. The van der Waals surface area contributed by atoms with Crippen LogP contribution < -0.4 is 10.5 Å². The van der Waals surface area contributed by atoms with E-state index in [4.69, 9.17) is 22.1 Å². The van der Waals surface area contributed by atoms with Crippen molar-refractivity contribution in [1.82, 2.24) is 0 Å². The van der Waals surface area contributed by atoms with Crippen LogP contribution in [-0.2, 0) is 12.8 Å². The summed E-state index contributed by atoms with van der Waals surface area (Å²) in [6, 6.07) is 1.78.